The standard InChI is InChI=1S/C16H17FN2O3/c17-11-6-8-12(9-7-11)19-15(16(20)21)14(10-18-19)22-13-4-2-1-3-5-13/h6-10,13H,1-5H2,(H,20,21). The molecule has 0 atom stereocenters. The van der Waals surface area contributed by atoms with E-state index >= 15 is 0 Å². The molecule has 1 aliphatic carbocycles. The highest BCUT2D eigenvalue weighted by Crippen LogP contribution is 2.27. The molecule has 6 heteroatoms. The largest absolute Gasteiger partial charge is 0.486 e. The van der Waals surface area contributed by atoms with Crippen molar-refractivity contribution in [1.29, 1.82) is 0 Å². The average molecular weight is 304 g/mol. The molecule has 0 unspecified atom stereocenters. The van der Waals surface area contributed by atoms with Crippen LogP contribution in [0.4, 0.5) is 4.39 Å². The van der Waals surface area contributed by atoms with Gasteiger partial charge in [0.2, 0.25) is 0 Å². The predicted octanol–water partition coefficient (Wildman–Crippen LogP) is 3.42. The molecule has 1 fully saturated rings. The summed E-state index contributed by atoms with van der Waals surface area (Å²) >= 11 is 0. The fourth-order valence-electron chi connectivity index (χ4n) is 2.76. The van der Waals surface area contributed by atoms with Gasteiger partial charge in [-0.05, 0) is 49.9 Å². The van der Waals surface area contributed by atoms with Crippen LogP contribution in [0.25, 0.3) is 5.69 Å². The molecule has 0 bridgehead atoms. The molecule has 0 aliphatic heterocycles. The van der Waals surface area contributed by atoms with Crippen molar-refractivity contribution in [2.45, 2.75) is 38.2 Å². The normalized spacial score (nSPS) is 15.7. The van der Waals surface area contributed by atoms with Crippen LogP contribution in [0.2, 0.25) is 0 Å². The van der Waals surface area contributed by atoms with Crippen molar-refractivity contribution in [3.63, 3.8) is 0 Å². The zero-order valence-electron chi connectivity index (χ0n) is 12.0. The van der Waals surface area contributed by atoms with Crippen LogP contribution in [0, 0.1) is 5.82 Å². The predicted molar refractivity (Wildman–Crippen MR) is 78.0 cm³/mol. The third-order valence-corrected chi connectivity index (χ3v) is 3.86. The van der Waals surface area contributed by atoms with Crippen LogP contribution in [-0.4, -0.2) is 27.0 Å². The van der Waals surface area contributed by atoms with E-state index in [-0.39, 0.29) is 23.4 Å². The Labute approximate surface area is 127 Å². The van der Waals surface area contributed by atoms with E-state index in [0.29, 0.717) is 5.69 Å². The van der Waals surface area contributed by atoms with Crippen molar-refractivity contribution in [3.05, 3.63) is 42.0 Å². The maximum atomic E-state index is 13.0. The molecule has 1 N–H and O–H groups in total. The lowest BCUT2D eigenvalue weighted by molar-refractivity contribution is 0.0676. The van der Waals surface area contributed by atoms with Gasteiger partial charge in [-0.25, -0.2) is 13.9 Å². The van der Waals surface area contributed by atoms with Gasteiger partial charge < -0.3 is 9.84 Å². The molecule has 5 nitrogen and oxygen atoms in total. The lowest BCUT2D eigenvalue weighted by atomic mass is 9.98. The maximum absolute atomic E-state index is 13.0. The summed E-state index contributed by atoms with van der Waals surface area (Å²) in [5.41, 5.74) is 0.453. The van der Waals surface area contributed by atoms with E-state index in [2.05, 4.69) is 5.10 Å². The lowest BCUT2D eigenvalue weighted by Crippen LogP contribution is -2.21. The molecule has 2 aromatic rings. The van der Waals surface area contributed by atoms with Crippen LogP contribution in [0.3, 0.4) is 0 Å². The third kappa shape index (κ3) is 2.95. The van der Waals surface area contributed by atoms with Crippen LogP contribution < -0.4 is 4.74 Å². The van der Waals surface area contributed by atoms with Crippen molar-refractivity contribution in [2.24, 2.45) is 0 Å². The molecule has 3 rings (SSSR count). The fourth-order valence-corrected chi connectivity index (χ4v) is 2.76. The smallest absolute Gasteiger partial charge is 0.358 e. The second kappa shape index (κ2) is 6.17. The van der Waals surface area contributed by atoms with Gasteiger partial charge in [-0.1, -0.05) is 6.42 Å². The van der Waals surface area contributed by atoms with Crippen molar-refractivity contribution >= 4 is 5.97 Å². The summed E-state index contributed by atoms with van der Waals surface area (Å²) in [7, 11) is 0. The number of aromatic nitrogens is 2. The number of ether oxygens (including phenoxy) is 1. The number of rotatable bonds is 4. The van der Waals surface area contributed by atoms with Gasteiger partial charge in [-0.15, -0.1) is 0 Å². The number of halogens is 1. The van der Waals surface area contributed by atoms with Crippen molar-refractivity contribution < 1.29 is 19.0 Å². The number of hydrogen-bond donors (Lipinski definition) is 1. The SMILES string of the molecule is O=C(O)c1c(OC2CCCCC2)cnn1-c1ccc(F)cc1. The second-order valence-electron chi connectivity index (χ2n) is 5.43. The number of carboxylic acid groups (broad SMARTS) is 1. The highest BCUT2D eigenvalue weighted by atomic mass is 19.1. The van der Waals surface area contributed by atoms with Gasteiger partial charge in [0.1, 0.15) is 5.82 Å². The van der Waals surface area contributed by atoms with Gasteiger partial charge in [0, 0.05) is 0 Å². The van der Waals surface area contributed by atoms with Gasteiger partial charge in [0.05, 0.1) is 18.0 Å². The first-order chi connectivity index (χ1) is 10.6. The molecule has 1 aromatic heterocycles. The van der Waals surface area contributed by atoms with Gasteiger partial charge in [-0.3, -0.25) is 0 Å². The Kier molecular flexibility index (Phi) is 4.09. The number of hydrogen-bond acceptors (Lipinski definition) is 3. The van der Waals surface area contributed by atoms with E-state index in [1.165, 1.54) is 41.6 Å². The quantitative estimate of drug-likeness (QED) is 0.940. The monoisotopic (exact) mass is 304 g/mol. The van der Waals surface area contributed by atoms with Crippen molar-refractivity contribution in [3.8, 4) is 11.4 Å². The number of carbonyl (C=O) groups is 1. The van der Waals surface area contributed by atoms with E-state index in [1.54, 1.807) is 0 Å². The van der Waals surface area contributed by atoms with E-state index in [9.17, 15) is 14.3 Å². The average Bonchev–Trinajstić information content (AvgIpc) is 2.93. The van der Waals surface area contributed by atoms with Crippen LogP contribution in [-0.2, 0) is 0 Å². The Bertz CT molecular complexity index is 661. The van der Waals surface area contributed by atoms with Gasteiger partial charge in [0.25, 0.3) is 0 Å². The third-order valence-electron chi connectivity index (χ3n) is 3.86. The topological polar surface area (TPSA) is 64.3 Å². The summed E-state index contributed by atoms with van der Waals surface area (Å²) in [5, 5.41) is 13.6. The van der Waals surface area contributed by atoms with Crippen molar-refractivity contribution in [1.82, 2.24) is 9.78 Å². The van der Waals surface area contributed by atoms with Crippen LogP contribution >= 0.6 is 0 Å². The van der Waals surface area contributed by atoms with E-state index in [4.69, 9.17) is 4.74 Å². The number of nitrogens with zero attached hydrogens (tertiary/aromatic N) is 2. The Morgan fingerprint density at radius 3 is 2.55 bits per heavy atom. The Hall–Kier alpha value is -2.37. The Morgan fingerprint density at radius 1 is 1.23 bits per heavy atom. The number of carboxylic acids is 1. The molecule has 116 valence electrons. The second-order valence-corrected chi connectivity index (χ2v) is 5.43. The van der Waals surface area contributed by atoms with Gasteiger partial charge in [0.15, 0.2) is 11.4 Å². The molecule has 0 saturated heterocycles. The first-order valence-electron chi connectivity index (χ1n) is 7.39. The molecule has 0 spiro atoms. The highest BCUT2D eigenvalue weighted by molar-refractivity contribution is 5.89. The first-order valence-corrected chi connectivity index (χ1v) is 7.39. The molecule has 1 aliphatic rings. The Morgan fingerprint density at radius 2 is 1.91 bits per heavy atom. The molecule has 1 aromatic carbocycles. The van der Waals surface area contributed by atoms with Gasteiger partial charge in [-0.2, -0.15) is 5.10 Å². The Balaban J connectivity index is 1.91. The molecule has 22 heavy (non-hydrogen) atoms. The lowest BCUT2D eigenvalue weighted by Gasteiger charge is -2.22. The van der Waals surface area contributed by atoms with Crippen LogP contribution in [0.1, 0.15) is 42.6 Å². The van der Waals surface area contributed by atoms with Crippen molar-refractivity contribution in [2.75, 3.05) is 0 Å². The van der Waals surface area contributed by atoms with E-state index < -0.39 is 5.97 Å². The van der Waals surface area contributed by atoms with Crippen LogP contribution in [0.5, 0.6) is 5.75 Å². The molecule has 0 radical (unpaired) electrons. The number of benzene rings is 1. The maximum Gasteiger partial charge on any atom is 0.358 e. The zero-order chi connectivity index (χ0) is 15.5. The summed E-state index contributed by atoms with van der Waals surface area (Å²) in [5.74, 6) is -1.23. The summed E-state index contributed by atoms with van der Waals surface area (Å²) in [6.45, 7) is 0. The fraction of sp³-hybridized carbons (Fsp3) is 0.375. The molecular weight excluding hydrogens is 287 g/mol. The summed E-state index contributed by atoms with van der Waals surface area (Å²) in [4.78, 5) is 11.6. The van der Waals surface area contributed by atoms with Crippen LogP contribution in [0.15, 0.2) is 30.5 Å². The summed E-state index contributed by atoms with van der Waals surface area (Å²) in [6, 6.07) is 5.51. The first kappa shape index (κ1) is 14.6. The van der Waals surface area contributed by atoms with E-state index in [1.807, 2.05) is 0 Å². The van der Waals surface area contributed by atoms with E-state index in [0.717, 1.165) is 25.7 Å². The molecular formula is C16H17FN2O3. The minimum absolute atomic E-state index is 0.0304. The van der Waals surface area contributed by atoms with Gasteiger partial charge >= 0.3 is 5.97 Å². The molecule has 1 heterocycles. The molecule has 0 amide bonds. The minimum atomic E-state index is -1.12. The highest BCUT2D eigenvalue weighted by Gasteiger charge is 2.24. The zero-order valence-corrected chi connectivity index (χ0v) is 12.0. The molecule has 1 saturated carbocycles. The number of aromatic carboxylic acids is 1. The summed E-state index contributed by atoms with van der Waals surface area (Å²) < 4.78 is 20.1. The minimum Gasteiger partial charge on any atom is -0.486 e. The summed E-state index contributed by atoms with van der Waals surface area (Å²) in [6.07, 6.45) is 6.71.